The molecule has 0 spiro atoms. The zero-order valence-electron chi connectivity index (χ0n) is 18.0. The first kappa shape index (κ1) is 22.3. The van der Waals surface area contributed by atoms with Crippen molar-refractivity contribution in [3.63, 3.8) is 0 Å². The molecule has 0 bridgehead atoms. The van der Waals surface area contributed by atoms with Gasteiger partial charge >= 0.3 is 0 Å². The van der Waals surface area contributed by atoms with E-state index in [0.717, 1.165) is 16.4 Å². The molecule has 0 aliphatic rings. The molecule has 0 unspecified atom stereocenters. The molecule has 0 radical (unpaired) electrons. The van der Waals surface area contributed by atoms with Gasteiger partial charge in [-0.25, -0.2) is 4.98 Å². The molecule has 2 aromatic heterocycles. The number of anilines is 1. The van der Waals surface area contributed by atoms with Crippen molar-refractivity contribution < 1.29 is 9.59 Å². The van der Waals surface area contributed by atoms with E-state index in [1.54, 1.807) is 36.7 Å². The van der Waals surface area contributed by atoms with Gasteiger partial charge in [0.25, 0.3) is 5.91 Å². The van der Waals surface area contributed by atoms with Crippen LogP contribution in [-0.4, -0.2) is 32.1 Å². The van der Waals surface area contributed by atoms with Crippen LogP contribution in [0.5, 0.6) is 0 Å². The van der Waals surface area contributed by atoms with Crippen LogP contribution in [0.15, 0.2) is 96.5 Å². The Bertz CT molecular complexity index is 1170. The molecule has 7 nitrogen and oxygen atoms in total. The molecule has 4 rings (SSSR count). The van der Waals surface area contributed by atoms with E-state index >= 15 is 0 Å². The fourth-order valence-corrected chi connectivity index (χ4v) is 3.99. The number of amides is 2. The maximum atomic E-state index is 13.0. The molecular weight excluding hydrogens is 434 g/mol. The lowest BCUT2D eigenvalue weighted by molar-refractivity contribution is -0.113. The van der Waals surface area contributed by atoms with Gasteiger partial charge in [0.05, 0.1) is 17.5 Å². The van der Waals surface area contributed by atoms with Crippen LogP contribution in [0.3, 0.4) is 0 Å². The number of carbonyl (C=O) groups excluding carboxylic acids is 2. The van der Waals surface area contributed by atoms with E-state index in [0.29, 0.717) is 11.3 Å². The van der Waals surface area contributed by atoms with Crippen LogP contribution in [-0.2, 0) is 11.8 Å². The molecule has 0 aliphatic carbocycles. The Morgan fingerprint density at radius 1 is 0.939 bits per heavy atom. The van der Waals surface area contributed by atoms with Crippen LogP contribution in [0, 0.1) is 0 Å². The molecule has 2 aromatic carbocycles. The lowest BCUT2D eigenvalue weighted by Crippen LogP contribution is -2.29. The normalized spacial score (nSPS) is 11.5. The Labute approximate surface area is 196 Å². The van der Waals surface area contributed by atoms with Gasteiger partial charge in [-0.15, -0.1) is 0 Å². The van der Waals surface area contributed by atoms with Gasteiger partial charge in [0.1, 0.15) is 0 Å². The number of imidazole rings is 1. The van der Waals surface area contributed by atoms with Crippen LogP contribution < -0.4 is 10.6 Å². The third kappa shape index (κ3) is 5.87. The molecule has 33 heavy (non-hydrogen) atoms. The lowest BCUT2D eigenvalue weighted by Gasteiger charge is -2.19. The van der Waals surface area contributed by atoms with Crippen molar-refractivity contribution in [3.05, 3.63) is 108 Å². The van der Waals surface area contributed by atoms with Crippen molar-refractivity contribution in [2.24, 2.45) is 7.05 Å². The highest BCUT2D eigenvalue weighted by Gasteiger charge is 2.19. The minimum Gasteiger partial charge on any atom is -0.340 e. The summed E-state index contributed by atoms with van der Waals surface area (Å²) in [5.41, 5.74) is 2.82. The first-order chi connectivity index (χ1) is 16.1. The summed E-state index contributed by atoms with van der Waals surface area (Å²) in [6.45, 7) is 0. The Hall–Kier alpha value is -3.91. The Kier molecular flexibility index (Phi) is 7.16. The Morgan fingerprint density at radius 3 is 2.36 bits per heavy atom. The molecule has 2 N–H and O–H groups in total. The highest BCUT2D eigenvalue weighted by molar-refractivity contribution is 7.99. The monoisotopic (exact) mass is 457 g/mol. The van der Waals surface area contributed by atoms with E-state index in [4.69, 9.17) is 0 Å². The minimum atomic E-state index is -0.373. The van der Waals surface area contributed by atoms with Crippen LogP contribution >= 0.6 is 11.8 Å². The van der Waals surface area contributed by atoms with E-state index in [-0.39, 0.29) is 23.6 Å². The van der Waals surface area contributed by atoms with Crippen LogP contribution in [0.2, 0.25) is 0 Å². The number of thioether (sulfide) groups is 1. The van der Waals surface area contributed by atoms with Crippen LogP contribution in [0.1, 0.15) is 27.7 Å². The minimum absolute atomic E-state index is 0.139. The summed E-state index contributed by atoms with van der Waals surface area (Å²) in [5, 5.41) is 6.69. The zero-order chi connectivity index (χ0) is 23.0. The van der Waals surface area contributed by atoms with Crippen molar-refractivity contribution in [3.8, 4) is 0 Å². The summed E-state index contributed by atoms with van der Waals surface area (Å²) in [4.78, 5) is 33.8. The van der Waals surface area contributed by atoms with E-state index in [2.05, 4.69) is 20.6 Å². The number of benzene rings is 2. The third-order valence-electron chi connectivity index (χ3n) is 4.93. The maximum Gasteiger partial charge on any atom is 0.252 e. The fraction of sp³-hybridized carbons (Fsp3) is 0.120. The van der Waals surface area contributed by atoms with Crippen molar-refractivity contribution >= 4 is 29.3 Å². The maximum absolute atomic E-state index is 13.0. The summed E-state index contributed by atoms with van der Waals surface area (Å²) in [5.74, 6) is -0.118. The van der Waals surface area contributed by atoms with Crippen molar-refractivity contribution in [1.29, 1.82) is 0 Å². The third-order valence-corrected chi connectivity index (χ3v) is 5.99. The molecular formula is C25H23N5O2S. The quantitative estimate of drug-likeness (QED) is 0.390. The van der Waals surface area contributed by atoms with Gasteiger partial charge in [0.15, 0.2) is 5.16 Å². The van der Waals surface area contributed by atoms with Crippen LogP contribution in [0.4, 0.5) is 5.69 Å². The topological polar surface area (TPSA) is 88.9 Å². The number of hydrogen-bond donors (Lipinski definition) is 2. The molecule has 0 saturated heterocycles. The zero-order valence-corrected chi connectivity index (χ0v) is 18.8. The Balaban J connectivity index is 1.40. The standard InChI is InChI=1S/C25H23N5O2S/c1-30-16-15-27-25(30)33-17-22(31)28-20-12-10-19(11-13-20)24(32)29-23(18-7-3-2-4-8-18)21-9-5-6-14-26-21/h2-16,23H,17H2,1H3,(H,28,31)(H,29,32)/t23-/m0/s1. The van der Waals surface area contributed by atoms with E-state index in [9.17, 15) is 9.59 Å². The van der Waals surface area contributed by atoms with Gasteiger partial charge in [-0.05, 0) is 42.0 Å². The first-order valence-corrected chi connectivity index (χ1v) is 11.4. The van der Waals surface area contributed by atoms with Crippen molar-refractivity contribution in [1.82, 2.24) is 19.9 Å². The molecule has 8 heteroatoms. The van der Waals surface area contributed by atoms with Gasteiger partial charge < -0.3 is 15.2 Å². The number of aromatic nitrogens is 3. The summed E-state index contributed by atoms with van der Waals surface area (Å²) in [6, 6.07) is 21.8. The first-order valence-electron chi connectivity index (χ1n) is 10.4. The fourth-order valence-electron chi connectivity index (χ4n) is 3.26. The molecule has 2 amide bonds. The summed E-state index contributed by atoms with van der Waals surface area (Å²) in [6.07, 6.45) is 5.24. The predicted molar refractivity (Wildman–Crippen MR) is 129 cm³/mol. The molecule has 166 valence electrons. The van der Waals surface area contributed by atoms with E-state index in [1.165, 1.54) is 11.8 Å². The Morgan fingerprint density at radius 2 is 1.70 bits per heavy atom. The van der Waals surface area contributed by atoms with Crippen molar-refractivity contribution in [2.75, 3.05) is 11.1 Å². The second-order valence-corrected chi connectivity index (χ2v) is 8.25. The molecule has 4 aromatic rings. The number of hydrogen-bond acceptors (Lipinski definition) is 5. The number of nitrogens with zero attached hydrogens (tertiary/aromatic N) is 3. The second kappa shape index (κ2) is 10.6. The largest absolute Gasteiger partial charge is 0.340 e. The number of pyridine rings is 1. The van der Waals surface area contributed by atoms with Gasteiger partial charge in [-0.1, -0.05) is 48.2 Å². The summed E-state index contributed by atoms with van der Waals surface area (Å²) in [7, 11) is 1.88. The second-order valence-electron chi connectivity index (χ2n) is 7.31. The van der Waals surface area contributed by atoms with Gasteiger partial charge in [-0.2, -0.15) is 0 Å². The molecule has 0 aliphatic heterocycles. The molecule has 1 atom stereocenters. The van der Waals surface area contributed by atoms with Crippen LogP contribution in [0.25, 0.3) is 0 Å². The number of nitrogens with one attached hydrogen (secondary N) is 2. The van der Waals surface area contributed by atoms with E-state index < -0.39 is 0 Å². The molecule has 0 fully saturated rings. The summed E-state index contributed by atoms with van der Waals surface area (Å²) >= 11 is 1.36. The molecule has 2 heterocycles. The van der Waals surface area contributed by atoms with Gasteiger partial charge in [0.2, 0.25) is 5.91 Å². The average Bonchev–Trinajstić information content (AvgIpc) is 3.27. The van der Waals surface area contributed by atoms with E-state index in [1.807, 2.05) is 66.3 Å². The predicted octanol–water partition coefficient (Wildman–Crippen LogP) is 4.07. The van der Waals surface area contributed by atoms with Gasteiger partial charge in [-0.3, -0.25) is 14.6 Å². The SMILES string of the molecule is Cn1ccnc1SCC(=O)Nc1ccc(C(=O)N[C@@H](c2ccccc2)c2ccccn2)cc1. The number of aryl methyl sites for hydroxylation is 1. The summed E-state index contributed by atoms with van der Waals surface area (Å²) < 4.78 is 1.86. The average molecular weight is 458 g/mol. The van der Waals surface area contributed by atoms with Crippen molar-refractivity contribution in [2.45, 2.75) is 11.2 Å². The van der Waals surface area contributed by atoms with Gasteiger partial charge in [0, 0.05) is 36.9 Å². The lowest BCUT2D eigenvalue weighted by atomic mass is 10.0. The smallest absolute Gasteiger partial charge is 0.252 e. The number of carbonyl (C=O) groups is 2. The number of rotatable bonds is 8. The highest BCUT2D eigenvalue weighted by atomic mass is 32.2. The highest BCUT2D eigenvalue weighted by Crippen LogP contribution is 2.21. The molecule has 0 saturated carbocycles.